The van der Waals surface area contributed by atoms with E-state index in [0.29, 0.717) is 13.2 Å². The summed E-state index contributed by atoms with van der Waals surface area (Å²) in [5.41, 5.74) is 1.59. The van der Waals surface area contributed by atoms with Crippen molar-refractivity contribution >= 4 is 16.8 Å². The molecule has 1 unspecified atom stereocenters. The quantitative estimate of drug-likeness (QED) is 0.912. The number of aromatic nitrogens is 1. The standard InChI is InChI=1S/C17H21FN2O2/c1-17(2,10-20-16(21)15-4-3-7-22-15)13-9-19-14-6-5-11(18)8-12(13)14/h5-6,8-9,15,19H,3-4,7,10H2,1-2H3,(H,20,21). The maximum Gasteiger partial charge on any atom is 0.249 e. The Morgan fingerprint density at radius 3 is 3.05 bits per heavy atom. The minimum atomic E-state index is -0.323. The van der Waals surface area contributed by atoms with Crippen LogP contribution in [0.25, 0.3) is 10.9 Å². The second-order valence-corrected chi connectivity index (χ2v) is 6.50. The van der Waals surface area contributed by atoms with Crippen molar-refractivity contribution in [2.75, 3.05) is 13.2 Å². The molecule has 1 aliphatic rings. The molecule has 22 heavy (non-hydrogen) atoms. The van der Waals surface area contributed by atoms with Crippen LogP contribution in [0, 0.1) is 5.82 Å². The number of rotatable bonds is 4. The molecule has 1 amide bonds. The van der Waals surface area contributed by atoms with Crippen LogP contribution in [0.5, 0.6) is 0 Å². The number of hydrogen-bond donors (Lipinski definition) is 2. The molecule has 4 nitrogen and oxygen atoms in total. The van der Waals surface area contributed by atoms with Crippen molar-refractivity contribution < 1.29 is 13.9 Å². The molecule has 2 heterocycles. The molecule has 0 spiro atoms. The number of H-pyrrole nitrogens is 1. The van der Waals surface area contributed by atoms with Gasteiger partial charge in [0.05, 0.1) is 0 Å². The molecule has 2 aromatic rings. The third kappa shape index (κ3) is 2.86. The van der Waals surface area contributed by atoms with E-state index in [1.54, 1.807) is 6.07 Å². The highest BCUT2D eigenvalue weighted by Crippen LogP contribution is 2.30. The van der Waals surface area contributed by atoms with E-state index in [0.717, 1.165) is 29.3 Å². The largest absolute Gasteiger partial charge is 0.368 e. The Kier molecular flexibility index (Phi) is 3.91. The second kappa shape index (κ2) is 5.72. The molecule has 5 heteroatoms. The predicted octanol–water partition coefficient (Wildman–Crippen LogP) is 2.88. The summed E-state index contributed by atoms with van der Waals surface area (Å²) in [6.45, 7) is 5.21. The van der Waals surface area contributed by atoms with Crippen LogP contribution in [0.2, 0.25) is 0 Å². The first-order chi connectivity index (χ1) is 10.5. The van der Waals surface area contributed by atoms with Crippen molar-refractivity contribution in [3.63, 3.8) is 0 Å². The first-order valence-electron chi connectivity index (χ1n) is 7.64. The highest BCUT2D eigenvalue weighted by molar-refractivity contribution is 5.85. The molecule has 0 aliphatic carbocycles. The molecule has 1 aliphatic heterocycles. The molecule has 1 atom stereocenters. The number of aromatic amines is 1. The average molecular weight is 304 g/mol. The lowest BCUT2D eigenvalue weighted by molar-refractivity contribution is -0.130. The van der Waals surface area contributed by atoms with Crippen LogP contribution in [0.1, 0.15) is 32.3 Å². The van der Waals surface area contributed by atoms with Crippen LogP contribution >= 0.6 is 0 Å². The fourth-order valence-corrected chi connectivity index (χ4v) is 2.95. The number of benzene rings is 1. The van der Waals surface area contributed by atoms with Crippen LogP contribution in [0.3, 0.4) is 0 Å². The molecule has 0 saturated carbocycles. The first kappa shape index (κ1) is 15.0. The Bertz CT molecular complexity index is 687. The van der Waals surface area contributed by atoms with Gasteiger partial charge < -0.3 is 15.0 Å². The molecule has 0 bridgehead atoms. The minimum Gasteiger partial charge on any atom is -0.368 e. The van der Waals surface area contributed by atoms with Gasteiger partial charge in [-0.2, -0.15) is 0 Å². The number of hydrogen-bond acceptors (Lipinski definition) is 2. The summed E-state index contributed by atoms with van der Waals surface area (Å²) in [7, 11) is 0. The molecule has 3 rings (SSSR count). The second-order valence-electron chi connectivity index (χ2n) is 6.50. The van der Waals surface area contributed by atoms with E-state index in [2.05, 4.69) is 10.3 Å². The van der Waals surface area contributed by atoms with Gasteiger partial charge in [-0.25, -0.2) is 4.39 Å². The normalized spacial score (nSPS) is 18.8. The highest BCUT2D eigenvalue weighted by atomic mass is 19.1. The number of ether oxygens (including phenoxy) is 1. The van der Waals surface area contributed by atoms with Gasteiger partial charge in [0.25, 0.3) is 0 Å². The van der Waals surface area contributed by atoms with Crippen LogP contribution in [0.4, 0.5) is 4.39 Å². The summed E-state index contributed by atoms with van der Waals surface area (Å²) >= 11 is 0. The maximum absolute atomic E-state index is 13.5. The highest BCUT2D eigenvalue weighted by Gasteiger charge is 2.28. The van der Waals surface area contributed by atoms with Gasteiger partial charge in [0.15, 0.2) is 0 Å². The van der Waals surface area contributed by atoms with E-state index in [1.807, 2.05) is 20.0 Å². The molecule has 1 saturated heterocycles. The van der Waals surface area contributed by atoms with Gasteiger partial charge in [0.2, 0.25) is 5.91 Å². The molecule has 2 N–H and O–H groups in total. The van der Waals surface area contributed by atoms with Crippen molar-refractivity contribution in [3.8, 4) is 0 Å². The SMILES string of the molecule is CC(C)(CNC(=O)C1CCCO1)c1c[nH]c2ccc(F)cc12. The Morgan fingerprint density at radius 2 is 2.32 bits per heavy atom. The Morgan fingerprint density at radius 1 is 1.50 bits per heavy atom. The summed E-state index contributed by atoms with van der Waals surface area (Å²) < 4.78 is 18.9. The van der Waals surface area contributed by atoms with E-state index in [4.69, 9.17) is 4.74 Å². The van der Waals surface area contributed by atoms with Crippen molar-refractivity contribution in [2.24, 2.45) is 0 Å². The summed E-state index contributed by atoms with van der Waals surface area (Å²) in [5, 5.41) is 3.82. The van der Waals surface area contributed by atoms with Gasteiger partial charge in [-0.15, -0.1) is 0 Å². The van der Waals surface area contributed by atoms with Gasteiger partial charge in [-0.1, -0.05) is 13.8 Å². The van der Waals surface area contributed by atoms with Gasteiger partial charge in [-0.3, -0.25) is 4.79 Å². The lowest BCUT2D eigenvalue weighted by Gasteiger charge is -2.25. The number of halogens is 1. The van der Waals surface area contributed by atoms with Gasteiger partial charge >= 0.3 is 0 Å². The average Bonchev–Trinajstić information content (AvgIpc) is 3.13. The zero-order valence-electron chi connectivity index (χ0n) is 12.9. The molecule has 0 radical (unpaired) electrons. The molecular weight excluding hydrogens is 283 g/mol. The number of nitrogens with one attached hydrogen (secondary N) is 2. The zero-order chi connectivity index (χ0) is 15.7. The molecule has 1 aromatic carbocycles. The van der Waals surface area contributed by atoms with E-state index in [9.17, 15) is 9.18 Å². The fraction of sp³-hybridized carbons (Fsp3) is 0.471. The van der Waals surface area contributed by atoms with E-state index in [1.165, 1.54) is 12.1 Å². The number of carbonyl (C=O) groups excluding carboxylic acids is 1. The topological polar surface area (TPSA) is 54.1 Å². The molecule has 1 fully saturated rings. The van der Waals surface area contributed by atoms with Gasteiger partial charge in [-0.05, 0) is 36.6 Å². The Balaban J connectivity index is 1.76. The van der Waals surface area contributed by atoms with E-state index < -0.39 is 0 Å². The number of carbonyl (C=O) groups is 1. The maximum atomic E-state index is 13.5. The van der Waals surface area contributed by atoms with Crippen molar-refractivity contribution in [1.29, 1.82) is 0 Å². The van der Waals surface area contributed by atoms with Crippen LogP contribution < -0.4 is 5.32 Å². The Labute approximate surface area is 129 Å². The third-order valence-electron chi connectivity index (χ3n) is 4.30. The molecular formula is C17H21FN2O2. The van der Waals surface area contributed by atoms with Crippen molar-refractivity contribution in [1.82, 2.24) is 10.3 Å². The lowest BCUT2D eigenvalue weighted by Crippen LogP contribution is -2.41. The summed E-state index contributed by atoms with van der Waals surface area (Å²) in [5.74, 6) is -0.316. The first-order valence-corrected chi connectivity index (χ1v) is 7.64. The van der Waals surface area contributed by atoms with E-state index in [-0.39, 0.29) is 23.2 Å². The lowest BCUT2D eigenvalue weighted by atomic mass is 9.84. The van der Waals surface area contributed by atoms with Crippen LogP contribution in [-0.4, -0.2) is 30.1 Å². The van der Waals surface area contributed by atoms with Gasteiger partial charge in [0.1, 0.15) is 11.9 Å². The Hall–Kier alpha value is -1.88. The summed E-state index contributed by atoms with van der Waals surface area (Å²) in [6, 6.07) is 4.70. The third-order valence-corrected chi connectivity index (χ3v) is 4.30. The summed E-state index contributed by atoms with van der Waals surface area (Å²) in [6.07, 6.45) is 3.28. The van der Waals surface area contributed by atoms with Gasteiger partial charge in [0, 0.05) is 35.7 Å². The number of amides is 1. The van der Waals surface area contributed by atoms with E-state index >= 15 is 0 Å². The van der Waals surface area contributed by atoms with Crippen LogP contribution in [-0.2, 0) is 14.9 Å². The summed E-state index contributed by atoms with van der Waals surface area (Å²) in [4.78, 5) is 15.2. The van der Waals surface area contributed by atoms with Crippen molar-refractivity contribution in [2.45, 2.75) is 38.2 Å². The van der Waals surface area contributed by atoms with Crippen LogP contribution in [0.15, 0.2) is 24.4 Å². The van der Waals surface area contributed by atoms with Crippen molar-refractivity contribution in [3.05, 3.63) is 35.8 Å². The molecule has 118 valence electrons. The monoisotopic (exact) mass is 304 g/mol. The predicted molar refractivity (Wildman–Crippen MR) is 83.3 cm³/mol. The minimum absolute atomic E-state index is 0.0587. The molecule has 1 aromatic heterocycles. The zero-order valence-corrected chi connectivity index (χ0v) is 12.9. The number of fused-ring (bicyclic) bond motifs is 1. The fourth-order valence-electron chi connectivity index (χ4n) is 2.95. The smallest absolute Gasteiger partial charge is 0.249 e.